The highest BCUT2D eigenvalue weighted by Crippen LogP contribution is 2.15. The van der Waals surface area contributed by atoms with Crippen molar-refractivity contribution in [2.45, 2.75) is 38.8 Å². The van der Waals surface area contributed by atoms with Crippen LogP contribution in [-0.4, -0.2) is 63.0 Å². The van der Waals surface area contributed by atoms with E-state index in [-0.39, 0.29) is 6.04 Å². The van der Waals surface area contributed by atoms with E-state index >= 15 is 0 Å². The predicted molar refractivity (Wildman–Crippen MR) is 111 cm³/mol. The molecule has 0 spiro atoms. The van der Waals surface area contributed by atoms with Gasteiger partial charge in [-0.05, 0) is 32.8 Å². The second-order valence-corrected chi connectivity index (χ2v) is 8.15. The summed E-state index contributed by atoms with van der Waals surface area (Å²) in [6, 6.07) is 9.62. The number of nitrogens with zero attached hydrogens (tertiary/aromatic N) is 2. The van der Waals surface area contributed by atoms with Gasteiger partial charge < -0.3 is 25.0 Å². The van der Waals surface area contributed by atoms with Crippen molar-refractivity contribution in [3.8, 4) is 0 Å². The molecule has 7 heteroatoms. The van der Waals surface area contributed by atoms with E-state index in [4.69, 9.17) is 9.47 Å². The lowest BCUT2D eigenvalue weighted by Gasteiger charge is -2.28. The van der Waals surface area contributed by atoms with Gasteiger partial charge in [0.05, 0.1) is 12.6 Å². The number of amides is 1. The highest BCUT2D eigenvalue weighted by atomic mass is 16.6. The lowest BCUT2D eigenvalue weighted by atomic mass is 10.1. The average Bonchev–Trinajstić information content (AvgIpc) is 3.13. The summed E-state index contributed by atoms with van der Waals surface area (Å²) in [5.41, 5.74) is 0.460. The standard InChI is InChI=1S/C21H34N4O3/c1-21(2,3)28-20(26)24-18(17-9-7-6-8-10-17)13-23-19(22-4)25(5)14-16-11-12-27-15-16/h6-10,16,18H,11-15H2,1-5H3,(H,22,23)(H,24,26). The van der Waals surface area contributed by atoms with E-state index in [2.05, 4.69) is 20.5 Å². The summed E-state index contributed by atoms with van der Waals surface area (Å²) in [4.78, 5) is 18.8. The molecule has 1 heterocycles. The van der Waals surface area contributed by atoms with E-state index in [1.165, 1.54) is 0 Å². The molecule has 2 atom stereocenters. The van der Waals surface area contributed by atoms with E-state index < -0.39 is 11.7 Å². The monoisotopic (exact) mass is 390 g/mol. The van der Waals surface area contributed by atoms with Crippen LogP contribution in [0.15, 0.2) is 35.3 Å². The molecule has 28 heavy (non-hydrogen) atoms. The fourth-order valence-electron chi connectivity index (χ4n) is 3.17. The normalized spacial score (nSPS) is 18.5. The van der Waals surface area contributed by atoms with Gasteiger partial charge in [0.15, 0.2) is 5.96 Å². The van der Waals surface area contributed by atoms with Gasteiger partial charge in [0.25, 0.3) is 0 Å². The lowest BCUT2D eigenvalue weighted by molar-refractivity contribution is 0.0504. The largest absolute Gasteiger partial charge is 0.444 e. The molecule has 1 amide bonds. The van der Waals surface area contributed by atoms with Crippen molar-refractivity contribution < 1.29 is 14.3 Å². The summed E-state index contributed by atoms with van der Waals surface area (Å²) in [5, 5.41) is 6.34. The molecule has 1 aliphatic heterocycles. The van der Waals surface area contributed by atoms with Crippen molar-refractivity contribution in [1.29, 1.82) is 0 Å². The summed E-state index contributed by atoms with van der Waals surface area (Å²) in [6.45, 7) is 8.58. The van der Waals surface area contributed by atoms with Gasteiger partial charge in [-0.25, -0.2) is 4.79 Å². The summed E-state index contributed by atoms with van der Waals surface area (Å²) in [6.07, 6.45) is 0.642. The molecule has 2 N–H and O–H groups in total. The van der Waals surface area contributed by atoms with Crippen LogP contribution in [-0.2, 0) is 9.47 Å². The highest BCUT2D eigenvalue weighted by molar-refractivity contribution is 5.79. The fourth-order valence-corrected chi connectivity index (χ4v) is 3.17. The minimum Gasteiger partial charge on any atom is -0.444 e. The van der Waals surface area contributed by atoms with Gasteiger partial charge in [-0.3, -0.25) is 4.99 Å². The molecule has 1 fully saturated rings. The molecule has 156 valence electrons. The number of benzene rings is 1. The van der Waals surface area contributed by atoms with E-state index in [1.807, 2.05) is 58.2 Å². The Morgan fingerprint density at radius 3 is 2.64 bits per heavy atom. The van der Waals surface area contributed by atoms with Crippen LogP contribution in [0.5, 0.6) is 0 Å². The molecule has 1 aromatic rings. The maximum Gasteiger partial charge on any atom is 0.408 e. The zero-order valence-electron chi connectivity index (χ0n) is 17.7. The Morgan fingerprint density at radius 1 is 1.36 bits per heavy atom. The Hall–Kier alpha value is -2.28. The summed E-state index contributed by atoms with van der Waals surface area (Å²) < 4.78 is 10.9. The maximum atomic E-state index is 12.3. The van der Waals surface area contributed by atoms with Crippen molar-refractivity contribution in [1.82, 2.24) is 15.5 Å². The molecule has 0 aromatic heterocycles. The first kappa shape index (κ1) is 22.0. The van der Waals surface area contributed by atoms with Gasteiger partial charge in [0.2, 0.25) is 0 Å². The number of carbonyl (C=O) groups excluding carboxylic acids is 1. The number of ether oxygens (including phenoxy) is 2. The zero-order chi connectivity index (χ0) is 20.6. The van der Waals surface area contributed by atoms with Crippen molar-refractivity contribution in [2.24, 2.45) is 10.9 Å². The van der Waals surface area contributed by atoms with Gasteiger partial charge in [0, 0.05) is 39.7 Å². The highest BCUT2D eigenvalue weighted by Gasteiger charge is 2.22. The van der Waals surface area contributed by atoms with Crippen LogP contribution in [0.1, 0.15) is 38.8 Å². The summed E-state index contributed by atoms with van der Waals surface area (Å²) in [7, 11) is 3.79. The van der Waals surface area contributed by atoms with Crippen LogP contribution in [0.2, 0.25) is 0 Å². The molecule has 1 saturated heterocycles. The topological polar surface area (TPSA) is 75.2 Å². The minimum atomic E-state index is -0.543. The summed E-state index contributed by atoms with van der Waals surface area (Å²) in [5.74, 6) is 1.31. The van der Waals surface area contributed by atoms with Gasteiger partial charge in [-0.1, -0.05) is 30.3 Å². The molecule has 2 rings (SSSR count). The van der Waals surface area contributed by atoms with Gasteiger partial charge in [-0.2, -0.15) is 0 Å². The number of nitrogens with one attached hydrogen (secondary N) is 2. The van der Waals surface area contributed by atoms with E-state index in [9.17, 15) is 4.79 Å². The smallest absolute Gasteiger partial charge is 0.408 e. The molecule has 2 unspecified atom stereocenters. The number of aliphatic imine (C=N–C) groups is 1. The fraction of sp³-hybridized carbons (Fsp3) is 0.619. The van der Waals surface area contributed by atoms with Crippen LogP contribution in [0.25, 0.3) is 0 Å². The Morgan fingerprint density at radius 2 is 2.07 bits per heavy atom. The van der Waals surface area contributed by atoms with Crippen molar-refractivity contribution in [3.05, 3.63) is 35.9 Å². The number of guanidine groups is 1. The Labute approximate surface area is 168 Å². The number of alkyl carbamates (subject to hydrolysis) is 1. The van der Waals surface area contributed by atoms with Crippen LogP contribution in [0.4, 0.5) is 4.79 Å². The summed E-state index contributed by atoms with van der Waals surface area (Å²) >= 11 is 0. The molecular weight excluding hydrogens is 356 g/mol. The second kappa shape index (κ2) is 10.3. The van der Waals surface area contributed by atoms with E-state index in [1.54, 1.807) is 7.05 Å². The molecule has 0 saturated carbocycles. The van der Waals surface area contributed by atoms with E-state index in [0.717, 1.165) is 37.7 Å². The second-order valence-electron chi connectivity index (χ2n) is 8.15. The minimum absolute atomic E-state index is 0.240. The third-order valence-electron chi connectivity index (χ3n) is 4.49. The Bertz CT molecular complexity index is 637. The van der Waals surface area contributed by atoms with Crippen LogP contribution < -0.4 is 10.6 Å². The molecule has 0 bridgehead atoms. The molecular formula is C21H34N4O3. The van der Waals surface area contributed by atoms with Crippen molar-refractivity contribution in [3.63, 3.8) is 0 Å². The number of carbonyl (C=O) groups is 1. The average molecular weight is 391 g/mol. The number of hydrogen-bond donors (Lipinski definition) is 2. The van der Waals surface area contributed by atoms with Crippen molar-refractivity contribution in [2.75, 3.05) is 40.4 Å². The van der Waals surface area contributed by atoms with E-state index in [0.29, 0.717) is 12.5 Å². The van der Waals surface area contributed by atoms with Crippen LogP contribution in [0, 0.1) is 5.92 Å². The van der Waals surface area contributed by atoms with Gasteiger partial charge in [0.1, 0.15) is 5.60 Å². The van der Waals surface area contributed by atoms with Gasteiger partial charge >= 0.3 is 6.09 Å². The lowest BCUT2D eigenvalue weighted by Crippen LogP contribution is -2.45. The molecule has 7 nitrogen and oxygen atoms in total. The quantitative estimate of drug-likeness (QED) is 0.577. The third-order valence-corrected chi connectivity index (χ3v) is 4.49. The molecule has 1 aromatic carbocycles. The van der Waals surface area contributed by atoms with Crippen LogP contribution >= 0.6 is 0 Å². The zero-order valence-corrected chi connectivity index (χ0v) is 17.7. The first-order chi connectivity index (χ1) is 13.3. The Balaban J connectivity index is 1.99. The first-order valence-corrected chi connectivity index (χ1v) is 9.82. The molecule has 1 aliphatic rings. The van der Waals surface area contributed by atoms with Crippen LogP contribution in [0.3, 0.4) is 0 Å². The number of rotatable bonds is 6. The Kier molecular flexibility index (Phi) is 8.11. The third kappa shape index (κ3) is 7.38. The number of hydrogen-bond acceptors (Lipinski definition) is 4. The van der Waals surface area contributed by atoms with Gasteiger partial charge in [-0.15, -0.1) is 0 Å². The maximum absolute atomic E-state index is 12.3. The molecule has 0 aliphatic carbocycles. The molecule has 0 radical (unpaired) electrons. The SMILES string of the molecule is CN=C(NCC(NC(=O)OC(C)(C)C)c1ccccc1)N(C)CC1CCOC1. The van der Waals surface area contributed by atoms with Crippen molar-refractivity contribution >= 4 is 12.1 Å². The first-order valence-electron chi connectivity index (χ1n) is 9.82. The predicted octanol–water partition coefficient (Wildman–Crippen LogP) is 2.80.